The van der Waals surface area contributed by atoms with Crippen LogP contribution in [0.5, 0.6) is 0 Å². The zero-order chi connectivity index (χ0) is 19.2. The minimum absolute atomic E-state index is 0.00654. The van der Waals surface area contributed by atoms with Gasteiger partial charge in [0.05, 0.1) is 21.1 Å². The average molecular weight is 423 g/mol. The molecule has 0 saturated carbocycles. The highest BCUT2D eigenvalue weighted by Gasteiger charge is 2.33. The highest BCUT2D eigenvalue weighted by atomic mass is 35.5. The predicted molar refractivity (Wildman–Crippen MR) is 108 cm³/mol. The average Bonchev–Trinajstić information content (AvgIpc) is 2.81. The van der Waals surface area contributed by atoms with E-state index < -0.39 is 10.0 Å². The van der Waals surface area contributed by atoms with E-state index in [2.05, 4.69) is 9.97 Å². The van der Waals surface area contributed by atoms with Gasteiger partial charge in [-0.2, -0.15) is 0 Å². The van der Waals surface area contributed by atoms with E-state index in [4.69, 9.17) is 23.2 Å². The molecule has 0 amide bonds. The maximum absolute atomic E-state index is 13.4. The molecule has 0 bridgehead atoms. The second kappa shape index (κ2) is 6.82. The Kier molecular flexibility index (Phi) is 4.61. The SMILES string of the molecule is CN1CCCN(S(=O)(=O)c2cccc(Cl)c2Cl)c2nc3ccccc3nc21. The van der Waals surface area contributed by atoms with Crippen molar-refractivity contribution in [3.8, 4) is 0 Å². The fourth-order valence-corrected chi connectivity index (χ4v) is 5.30. The van der Waals surface area contributed by atoms with Crippen LogP contribution in [0.15, 0.2) is 47.4 Å². The van der Waals surface area contributed by atoms with Crippen LogP contribution in [0, 0.1) is 0 Å². The van der Waals surface area contributed by atoms with Crippen LogP contribution < -0.4 is 9.21 Å². The number of aromatic nitrogens is 2. The molecule has 140 valence electrons. The Morgan fingerprint density at radius 2 is 1.59 bits per heavy atom. The summed E-state index contributed by atoms with van der Waals surface area (Å²) in [6.07, 6.45) is 0.627. The summed E-state index contributed by atoms with van der Waals surface area (Å²) >= 11 is 12.2. The Bertz CT molecular complexity index is 1140. The van der Waals surface area contributed by atoms with Crippen molar-refractivity contribution in [1.29, 1.82) is 0 Å². The Hall–Kier alpha value is -2.09. The maximum atomic E-state index is 13.4. The van der Waals surface area contributed by atoms with Gasteiger partial charge < -0.3 is 4.90 Å². The number of anilines is 2. The number of fused-ring (bicyclic) bond motifs is 2. The number of halogens is 2. The fraction of sp³-hybridized carbons (Fsp3) is 0.222. The standard InChI is InChI=1S/C18H16Cl2N4O2S/c1-23-10-5-11-24(27(25,26)15-9-4-6-12(19)16(15)20)18-17(23)21-13-7-2-3-8-14(13)22-18/h2-4,6-9H,5,10-11H2,1H3. The van der Waals surface area contributed by atoms with Gasteiger partial charge >= 0.3 is 0 Å². The first kappa shape index (κ1) is 18.3. The molecule has 2 aromatic carbocycles. The summed E-state index contributed by atoms with van der Waals surface area (Å²) < 4.78 is 28.1. The number of hydrogen-bond acceptors (Lipinski definition) is 5. The summed E-state index contributed by atoms with van der Waals surface area (Å²) in [5.41, 5.74) is 1.34. The summed E-state index contributed by atoms with van der Waals surface area (Å²) in [6.45, 7) is 0.935. The smallest absolute Gasteiger partial charge is 0.267 e. The number of benzene rings is 2. The van der Waals surface area contributed by atoms with E-state index in [0.717, 1.165) is 0 Å². The zero-order valence-electron chi connectivity index (χ0n) is 14.4. The lowest BCUT2D eigenvalue weighted by molar-refractivity contribution is 0.589. The van der Waals surface area contributed by atoms with Crippen molar-refractivity contribution in [3.05, 3.63) is 52.5 Å². The number of nitrogens with zero attached hydrogens (tertiary/aromatic N) is 4. The fourth-order valence-electron chi connectivity index (χ4n) is 3.10. The molecule has 6 nitrogen and oxygen atoms in total. The van der Waals surface area contributed by atoms with Gasteiger partial charge in [0.25, 0.3) is 10.0 Å². The van der Waals surface area contributed by atoms with E-state index in [0.29, 0.717) is 35.6 Å². The van der Waals surface area contributed by atoms with Crippen molar-refractivity contribution in [3.63, 3.8) is 0 Å². The second-order valence-electron chi connectivity index (χ2n) is 6.26. The van der Waals surface area contributed by atoms with Crippen molar-refractivity contribution >= 4 is 55.9 Å². The monoisotopic (exact) mass is 422 g/mol. The number of para-hydroxylation sites is 2. The third-order valence-corrected chi connectivity index (χ3v) is 7.23. The van der Waals surface area contributed by atoms with Crippen molar-refractivity contribution in [2.24, 2.45) is 0 Å². The van der Waals surface area contributed by atoms with Crippen LogP contribution in [0.4, 0.5) is 11.6 Å². The molecule has 1 aliphatic rings. The first-order chi connectivity index (χ1) is 12.9. The van der Waals surface area contributed by atoms with Crippen LogP contribution in [0.3, 0.4) is 0 Å². The van der Waals surface area contributed by atoms with Crippen molar-refractivity contribution < 1.29 is 8.42 Å². The lowest BCUT2D eigenvalue weighted by atomic mass is 10.3. The highest BCUT2D eigenvalue weighted by molar-refractivity contribution is 7.93. The van der Waals surface area contributed by atoms with Crippen LogP contribution in [0.1, 0.15) is 6.42 Å². The number of rotatable bonds is 2. The third kappa shape index (κ3) is 3.09. The van der Waals surface area contributed by atoms with Crippen molar-refractivity contribution in [2.75, 3.05) is 29.3 Å². The minimum Gasteiger partial charge on any atom is -0.356 e. The van der Waals surface area contributed by atoms with Crippen molar-refractivity contribution in [2.45, 2.75) is 11.3 Å². The van der Waals surface area contributed by atoms with Crippen LogP contribution in [-0.4, -0.2) is 38.5 Å². The lowest BCUT2D eigenvalue weighted by Crippen LogP contribution is -2.32. The van der Waals surface area contributed by atoms with Crippen LogP contribution in [0.25, 0.3) is 11.0 Å². The van der Waals surface area contributed by atoms with E-state index in [9.17, 15) is 8.42 Å². The van der Waals surface area contributed by atoms with Gasteiger partial charge in [0.1, 0.15) is 4.90 Å². The quantitative estimate of drug-likeness (QED) is 0.624. The summed E-state index contributed by atoms with van der Waals surface area (Å²) in [7, 11) is -2.08. The molecular weight excluding hydrogens is 407 g/mol. The number of sulfonamides is 1. The van der Waals surface area contributed by atoms with Gasteiger partial charge in [0.2, 0.25) is 0 Å². The normalized spacial score (nSPS) is 14.9. The zero-order valence-corrected chi connectivity index (χ0v) is 16.8. The summed E-state index contributed by atoms with van der Waals surface area (Å²) in [6, 6.07) is 12.0. The van der Waals surface area contributed by atoms with E-state index in [-0.39, 0.29) is 21.5 Å². The van der Waals surface area contributed by atoms with Gasteiger partial charge in [-0.1, -0.05) is 41.4 Å². The molecular formula is C18H16Cl2N4O2S. The summed E-state index contributed by atoms with van der Waals surface area (Å²) in [5.74, 6) is 0.817. The molecule has 0 N–H and O–H groups in total. The molecule has 0 atom stereocenters. The van der Waals surface area contributed by atoms with Gasteiger partial charge in [0, 0.05) is 20.1 Å². The summed E-state index contributed by atoms with van der Waals surface area (Å²) in [5, 5.41) is 0.196. The second-order valence-corrected chi connectivity index (χ2v) is 8.88. The topological polar surface area (TPSA) is 66.4 Å². The maximum Gasteiger partial charge on any atom is 0.267 e. The molecule has 9 heteroatoms. The van der Waals surface area contributed by atoms with E-state index >= 15 is 0 Å². The van der Waals surface area contributed by atoms with Gasteiger partial charge in [-0.05, 0) is 30.7 Å². The van der Waals surface area contributed by atoms with Gasteiger partial charge in [-0.15, -0.1) is 0 Å². The Morgan fingerprint density at radius 3 is 2.30 bits per heavy atom. The van der Waals surface area contributed by atoms with E-state index in [1.54, 1.807) is 12.1 Å². The molecule has 0 spiro atoms. The lowest BCUT2D eigenvalue weighted by Gasteiger charge is -2.24. The minimum atomic E-state index is -3.96. The molecule has 1 aromatic heterocycles. The molecule has 0 aliphatic carbocycles. The molecule has 0 radical (unpaired) electrons. The van der Waals surface area contributed by atoms with Crippen LogP contribution in [-0.2, 0) is 10.0 Å². The predicted octanol–water partition coefficient (Wildman–Crippen LogP) is 3.97. The molecule has 4 rings (SSSR count). The van der Waals surface area contributed by atoms with E-state index in [1.807, 2.05) is 36.2 Å². The molecule has 0 saturated heterocycles. The first-order valence-corrected chi connectivity index (χ1v) is 10.5. The van der Waals surface area contributed by atoms with Gasteiger partial charge in [-0.3, -0.25) is 0 Å². The first-order valence-electron chi connectivity index (χ1n) is 8.34. The molecule has 27 heavy (non-hydrogen) atoms. The molecule has 2 heterocycles. The highest BCUT2D eigenvalue weighted by Crippen LogP contribution is 2.37. The van der Waals surface area contributed by atoms with Gasteiger partial charge in [-0.25, -0.2) is 22.7 Å². The third-order valence-electron chi connectivity index (χ3n) is 4.47. The van der Waals surface area contributed by atoms with Crippen molar-refractivity contribution in [1.82, 2.24) is 9.97 Å². The Balaban J connectivity index is 1.95. The van der Waals surface area contributed by atoms with Crippen LogP contribution >= 0.6 is 23.2 Å². The van der Waals surface area contributed by atoms with Gasteiger partial charge in [0.15, 0.2) is 11.6 Å². The molecule has 0 fully saturated rings. The van der Waals surface area contributed by atoms with E-state index in [1.165, 1.54) is 10.4 Å². The molecule has 1 aliphatic heterocycles. The number of hydrogen-bond donors (Lipinski definition) is 0. The molecule has 3 aromatic rings. The summed E-state index contributed by atoms with van der Waals surface area (Å²) in [4.78, 5) is 11.2. The molecule has 0 unspecified atom stereocenters. The Morgan fingerprint density at radius 1 is 0.926 bits per heavy atom. The Labute approximate surface area is 167 Å². The largest absolute Gasteiger partial charge is 0.356 e. The van der Waals surface area contributed by atoms with Crippen LogP contribution in [0.2, 0.25) is 10.0 Å².